The first-order valence-corrected chi connectivity index (χ1v) is 43.7. The van der Waals surface area contributed by atoms with Crippen molar-refractivity contribution in [3.8, 4) is 6.07 Å². The normalized spacial score (nSPS) is 11.8. The molecule has 66 heteroatoms. The minimum Gasteiger partial charge on any atom is -0.462 e. The smallest absolute Gasteiger partial charge is 0.396 e. The molecule has 0 saturated heterocycles. The molecule has 0 rings (SSSR count). The second kappa shape index (κ2) is 95.6. The third-order valence-electron chi connectivity index (χ3n) is 16.2. The van der Waals surface area contributed by atoms with Gasteiger partial charge < -0.3 is 195 Å². The summed E-state index contributed by atoms with van der Waals surface area (Å²) in [6.07, 6.45) is -5.80. The van der Waals surface area contributed by atoms with E-state index in [1.54, 1.807) is 21.4 Å². The molecule has 65 nitrogen and oxygen atoms in total. The largest absolute Gasteiger partial charge is 0.462 e. The predicted molar refractivity (Wildman–Crippen MR) is 492 cm³/mol. The lowest BCUT2D eigenvalue weighted by Crippen LogP contribution is -2.47. The number of amides is 15. The second-order valence-corrected chi connectivity index (χ2v) is 28.3. The third kappa shape index (κ3) is 82.7. The number of nitriles is 1. The lowest BCUT2D eigenvalue weighted by Gasteiger charge is -2.23. The van der Waals surface area contributed by atoms with Crippen LogP contribution in [0.15, 0.2) is 0 Å². The lowest BCUT2D eigenvalue weighted by molar-refractivity contribution is -0.152. The van der Waals surface area contributed by atoms with Crippen molar-refractivity contribution in [3.63, 3.8) is 0 Å². The number of nitrogens with zero attached hydrogens (tertiary/aromatic N) is 5. The maximum absolute atomic E-state index is 12.2. The summed E-state index contributed by atoms with van der Waals surface area (Å²) in [5, 5.41) is 130. The summed E-state index contributed by atoms with van der Waals surface area (Å²) in [5.74, 6) is -21.5. The molecule has 0 bridgehead atoms. The average molecular weight is 2100 g/mol. The summed E-state index contributed by atoms with van der Waals surface area (Å²) in [5.41, 5.74) is 15.8. The minimum atomic E-state index is -1.41. The molecule has 7 unspecified atom stereocenters. The third-order valence-corrected chi connectivity index (χ3v) is 17.3. The van der Waals surface area contributed by atoms with Crippen LogP contribution in [0, 0.1) is 11.3 Å². The van der Waals surface area contributed by atoms with E-state index < -0.39 is 195 Å². The summed E-state index contributed by atoms with van der Waals surface area (Å²) < 4.78 is 65.6. The number of methoxy groups -OCH3 is 7. The quantitative estimate of drug-likeness (QED) is 0.00884. The predicted octanol–water partition coefficient (Wildman–Crippen LogP) is -21.8. The fourth-order valence-electron chi connectivity index (χ4n) is 8.74. The Morgan fingerprint density at radius 2 is 0.503 bits per heavy atom. The zero-order valence-electron chi connectivity index (χ0n) is 85.2. The van der Waals surface area contributed by atoms with Gasteiger partial charge in [-0.3, -0.25) is 91.5 Å². The Balaban J connectivity index is -0.000000277. The van der Waals surface area contributed by atoms with Gasteiger partial charge in [0.15, 0.2) is 8.38 Å². The second-order valence-electron chi connectivity index (χ2n) is 27.0. The first-order chi connectivity index (χ1) is 69.9. The van der Waals surface area contributed by atoms with E-state index in [-0.39, 0.29) is 190 Å². The molecule has 826 valence electrons. The van der Waals surface area contributed by atoms with Crippen molar-refractivity contribution in [2.75, 3.05) is 299 Å². The maximum Gasteiger partial charge on any atom is 0.396 e. The summed E-state index contributed by atoms with van der Waals surface area (Å²) in [4.78, 5) is 258. The van der Waals surface area contributed by atoms with Gasteiger partial charge in [-0.05, 0) is 0 Å². The SMILES string of the molecule is COC(=O)C(=O)NCC(O)CO.COC(=O)C(=O)NCCN(CCNC(=O)C(=O)NCC(O)CO)CCNC(=O)C(=O)OC.NCC(O)CO.NCCN(CCN)CCNC(=O)C(=O)NCC(O)CO.[2H]C.[2H]C.[3H]OCC(CNC(=O)C(=O)NCCN(CCNC(=O)C(=O)OC)CCNC(=O)C(=O)OC)OP(C)OCCC#N.[3H]OCC(O)CNC(=O)C(=O)NCCN(CCNC(=O)C(=O)OC)CCNC(=O)C(=O)OC. The molecule has 0 heterocycles. The molecule has 15 amide bonds. The van der Waals surface area contributed by atoms with Crippen LogP contribution in [0.5, 0.6) is 0 Å². The number of rotatable bonds is 58. The van der Waals surface area contributed by atoms with Gasteiger partial charge in [-0.2, -0.15) is 5.26 Å². The van der Waals surface area contributed by atoms with E-state index in [1.165, 1.54) is 14.8 Å². The van der Waals surface area contributed by atoms with E-state index in [0.29, 0.717) is 39.3 Å². The summed E-state index contributed by atoms with van der Waals surface area (Å²) >= 11 is 0. The van der Waals surface area contributed by atoms with Gasteiger partial charge in [0.05, 0.1) is 139 Å². The first kappa shape index (κ1) is 137. The van der Waals surface area contributed by atoms with Gasteiger partial charge in [-0.25, -0.2) is 33.6 Å². The van der Waals surface area contributed by atoms with Crippen molar-refractivity contribution in [1.29, 1.82) is 8.12 Å². The van der Waals surface area contributed by atoms with Gasteiger partial charge in [0, 0.05) is 206 Å². The highest BCUT2D eigenvalue weighted by Crippen LogP contribution is 2.35. The van der Waals surface area contributed by atoms with Gasteiger partial charge >= 0.3 is 130 Å². The van der Waals surface area contributed by atoms with Crippen LogP contribution in [-0.2, 0) is 148 Å². The van der Waals surface area contributed by atoms with E-state index in [0.717, 1.165) is 49.8 Å². The molecule has 0 aliphatic heterocycles. The molecule has 0 fully saturated rings. The Morgan fingerprint density at radius 3 is 0.692 bits per heavy atom. The molecule has 0 radical (unpaired) electrons. The van der Waals surface area contributed by atoms with Gasteiger partial charge in [0.25, 0.3) is 0 Å². The molecule has 0 aromatic heterocycles. The van der Waals surface area contributed by atoms with Gasteiger partial charge in [-0.15, -0.1) is 0 Å². The van der Waals surface area contributed by atoms with Crippen LogP contribution < -0.4 is 97.0 Å². The fourth-order valence-corrected chi connectivity index (χ4v) is 9.71. The highest BCUT2D eigenvalue weighted by molar-refractivity contribution is 7.46. The van der Waals surface area contributed by atoms with Crippen LogP contribution in [0.25, 0.3) is 0 Å². The highest BCUT2D eigenvalue weighted by atomic mass is 31.2. The first-order valence-electron chi connectivity index (χ1n) is 44.9. The molecular weight excluding hydrogens is 1950 g/mol. The summed E-state index contributed by atoms with van der Waals surface area (Å²) in [7, 11) is 8.51. The average Bonchev–Trinajstić information content (AvgIpc) is 0.955. The number of carbonyl (C=O) groups is 22. The van der Waals surface area contributed by atoms with Crippen molar-refractivity contribution in [3.05, 3.63) is 0 Å². The Kier molecular flexibility index (Phi) is 91.4. The van der Waals surface area contributed by atoms with Crippen LogP contribution in [0.3, 0.4) is 0 Å². The molecule has 143 heavy (non-hydrogen) atoms. The number of aliphatic hydroxyl groups is 11. The zero-order chi connectivity index (χ0) is 114. The lowest BCUT2D eigenvalue weighted by atomic mass is 10.3. The van der Waals surface area contributed by atoms with E-state index in [9.17, 15) is 111 Å². The summed E-state index contributed by atoms with van der Waals surface area (Å²) in [6.45, 7) is 3.56. The van der Waals surface area contributed by atoms with E-state index in [4.69, 9.17) is 78.0 Å². The van der Waals surface area contributed by atoms with Crippen LogP contribution in [0.4, 0.5) is 0 Å². The van der Waals surface area contributed by atoms with Crippen molar-refractivity contribution >= 4 is 139 Å². The zero-order valence-corrected chi connectivity index (χ0v) is 82.1. The number of esters is 7. The standard InChI is InChI=1S/C21H35N6O11P.2C17H29N5O10.C11H25N5O4.C6H11NO5.C3H9NO2.2CH4/c1-35-20(33)18(31)24-7-10-27(11-8-25-19(32)21(34)36-2)9-6-23-16(29)17(30)26-13-15(14-28)38-39(3)37-12-4-5-22;2*1-31-16(29)14(27)19-4-7-22(8-5-20-15(28)17(30)32-2)6-3-18-12(25)13(26)21-9-11(24)10-23;12-1-4-16(5-2-13)6-3-14-10(19)11(20)15-7-9(18)8-17;1-12-6(11)5(10)7-2-4(9)3-8;4-1-3(6)2-5;;/h15,28H,4,6-14H2,1-3H3,(H,23,29)(H,24,31)(H,25,32)(H,26,30);2*11,23-24H,3-10H2,1-2H3,(H,18,25)(H,19,27)(H,20,28)(H,21,26);9,17-18H,1-8,12-13H2,(H,14,19)(H,15,20);4,8-9H,2-3H2,1H3,(H,7,10);3,5-6H,1-2,4H2;2*1H4/i28T;23T;;;;;2*1D. The number of aliphatic hydroxyl groups excluding tert-OH is 11. The minimum absolute atomic E-state index is 0.000530. The van der Waals surface area contributed by atoms with Crippen LogP contribution in [-0.4, -0.2) is 545 Å². The molecule has 0 saturated carbocycles. The van der Waals surface area contributed by atoms with Crippen LogP contribution in [0.2, 0.25) is 0 Å². The fraction of sp³-hybridized carbons (Fsp3) is 0.701. The Labute approximate surface area is 830 Å². The maximum atomic E-state index is 12.2. The van der Waals surface area contributed by atoms with Crippen molar-refractivity contribution in [2.45, 2.75) is 57.9 Å². The molecule has 0 spiro atoms. The monoisotopic (exact) mass is 2100 g/mol. The molecule has 0 aromatic rings. The number of nitrogens with two attached hydrogens (primary N) is 3. The molecule has 0 aliphatic carbocycles. The molecule has 7 atom stereocenters. The highest BCUT2D eigenvalue weighted by Gasteiger charge is 2.26. The van der Waals surface area contributed by atoms with Gasteiger partial charge in [0.2, 0.25) is 2.86 Å². The summed E-state index contributed by atoms with van der Waals surface area (Å²) in [6, 6.07) is 1.92. The molecule has 0 aromatic carbocycles. The van der Waals surface area contributed by atoms with Gasteiger partial charge in [-0.1, -0.05) is 14.8 Å². The van der Waals surface area contributed by atoms with E-state index >= 15 is 0 Å². The number of hydrogen-bond donors (Lipinski definition) is 29. The number of nitrogens with one attached hydrogen (secondary N) is 15. The Morgan fingerprint density at radius 1 is 0.315 bits per heavy atom. The van der Waals surface area contributed by atoms with Crippen molar-refractivity contribution < 1.29 is 207 Å². The number of hydrogen-bond acceptors (Lipinski definition) is 50. The van der Waals surface area contributed by atoms with Crippen molar-refractivity contribution in [2.24, 2.45) is 17.2 Å². The van der Waals surface area contributed by atoms with E-state index in [1.807, 2.05) is 11.0 Å². The Bertz CT molecular complexity index is 3730. The number of ether oxygens (including phenoxy) is 7. The number of carbonyl (C=O) groups excluding carboxylic acids is 22. The van der Waals surface area contributed by atoms with Crippen LogP contribution in [0.1, 0.15) is 24.0 Å². The van der Waals surface area contributed by atoms with Crippen molar-refractivity contribution in [1.82, 2.24) is 99.4 Å². The van der Waals surface area contributed by atoms with E-state index in [2.05, 4.69) is 123 Å². The Hall–Kier alpha value is -12.5. The molecule has 32 N–H and O–H groups in total. The molecular formula is C77H146N23O42P. The van der Waals surface area contributed by atoms with Gasteiger partial charge in [0.1, 0.15) is 6.10 Å². The topological polar surface area (TPSA) is 976 Å². The molecule has 0 aliphatic rings. The van der Waals surface area contributed by atoms with Crippen LogP contribution >= 0.6 is 8.38 Å².